The highest BCUT2D eigenvalue weighted by Gasteiger charge is 2.23. The molecule has 2 aromatic rings. The first-order valence-electron chi connectivity index (χ1n) is 6.50. The van der Waals surface area contributed by atoms with Gasteiger partial charge in [-0.05, 0) is 19.1 Å². The van der Waals surface area contributed by atoms with Gasteiger partial charge in [0.15, 0.2) is 0 Å². The standard InChI is InChI=1S/C14H15N3OS2/c1-10-12(14(18)17-5-7-19-8-6-17)20-13(16-10)11-3-2-4-15-9-11/h2-4,9H,5-8H2,1H3. The van der Waals surface area contributed by atoms with Crippen molar-refractivity contribution in [1.82, 2.24) is 14.9 Å². The molecular formula is C14H15N3OS2. The van der Waals surface area contributed by atoms with Crippen LogP contribution >= 0.6 is 23.1 Å². The smallest absolute Gasteiger partial charge is 0.265 e. The number of thioether (sulfide) groups is 1. The molecule has 0 saturated carbocycles. The van der Waals surface area contributed by atoms with Gasteiger partial charge in [0.1, 0.15) is 9.88 Å². The molecule has 0 atom stereocenters. The van der Waals surface area contributed by atoms with E-state index >= 15 is 0 Å². The number of aromatic nitrogens is 2. The average Bonchev–Trinajstić information content (AvgIpc) is 2.90. The van der Waals surface area contributed by atoms with Gasteiger partial charge in [-0.2, -0.15) is 11.8 Å². The number of nitrogens with zero attached hydrogens (tertiary/aromatic N) is 3. The largest absolute Gasteiger partial charge is 0.336 e. The van der Waals surface area contributed by atoms with Crippen molar-refractivity contribution in [3.8, 4) is 10.6 Å². The Kier molecular flexibility index (Phi) is 4.03. The summed E-state index contributed by atoms with van der Waals surface area (Å²) in [5.41, 5.74) is 1.78. The van der Waals surface area contributed by atoms with Crippen LogP contribution in [0.2, 0.25) is 0 Å². The van der Waals surface area contributed by atoms with E-state index in [9.17, 15) is 4.79 Å². The molecule has 1 amide bonds. The molecule has 0 aromatic carbocycles. The first-order valence-corrected chi connectivity index (χ1v) is 8.47. The van der Waals surface area contributed by atoms with E-state index < -0.39 is 0 Å². The molecule has 1 saturated heterocycles. The summed E-state index contributed by atoms with van der Waals surface area (Å²) in [5.74, 6) is 2.17. The van der Waals surface area contributed by atoms with Crippen molar-refractivity contribution in [2.45, 2.75) is 6.92 Å². The summed E-state index contributed by atoms with van der Waals surface area (Å²) in [6, 6.07) is 3.85. The molecule has 0 bridgehead atoms. The molecule has 20 heavy (non-hydrogen) atoms. The quantitative estimate of drug-likeness (QED) is 0.856. The lowest BCUT2D eigenvalue weighted by atomic mass is 10.3. The van der Waals surface area contributed by atoms with Gasteiger partial charge in [-0.15, -0.1) is 11.3 Å². The van der Waals surface area contributed by atoms with Crippen molar-refractivity contribution in [2.24, 2.45) is 0 Å². The second-order valence-electron chi connectivity index (χ2n) is 4.58. The first kappa shape index (κ1) is 13.6. The second-order valence-corrected chi connectivity index (χ2v) is 6.80. The Labute approximate surface area is 126 Å². The van der Waals surface area contributed by atoms with Gasteiger partial charge in [0.05, 0.1) is 5.69 Å². The van der Waals surface area contributed by atoms with Crippen molar-refractivity contribution < 1.29 is 4.79 Å². The molecule has 0 aliphatic carbocycles. The van der Waals surface area contributed by atoms with Crippen molar-refractivity contribution in [1.29, 1.82) is 0 Å². The summed E-state index contributed by atoms with van der Waals surface area (Å²) in [5, 5.41) is 0.866. The molecule has 2 aromatic heterocycles. The highest BCUT2D eigenvalue weighted by Crippen LogP contribution is 2.28. The normalized spacial score (nSPS) is 15.3. The van der Waals surface area contributed by atoms with Crippen LogP contribution in [0, 0.1) is 6.92 Å². The molecule has 0 N–H and O–H groups in total. The predicted molar refractivity (Wildman–Crippen MR) is 83.3 cm³/mol. The van der Waals surface area contributed by atoms with E-state index in [-0.39, 0.29) is 5.91 Å². The Morgan fingerprint density at radius 3 is 2.85 bits per heavy atom. The lowest BCUT2D eigenvalue weighted by Crippen LogP contribution is -2.37. The van der Waals surface area contributed by atoms with Gasteiger partial charge in [0.2, 0.25) is 0 Å². The number of carbonyl (C=O) groups is 1. The number of amides is 1. The van der Waals surface area contributed by atoms with Crippen molar-refractivity contribution >= 4 is 29.0 Å². The summed E-state index contributed by atoms with van der Waals surface area (Å²) in [6.07, 6.45) is 3.52. The van der Waals surface area contributed by atoms with Crippen LogP contribution in [-0.2, 0) is 0 Å². The number of thiazole rings is 1. The predicted octanol–water partition coefficient (Wildman–Crippen LogP) is 2.70. The van der Waals surface area contributed by atoms with E-state index in [2.05, 4.69) is 9.97 Å². The zero-order valence-electron chi connectivity index (χ0n) is 11.2. The maximum atomic E-state index is 12.5. The molecule has 4 nitrogen and oxygen atoms in total. The Hall–Kier alpha value is -1.40. The van der Waals surface area contributed by atoms with Crippen LogP contribution in [0.25, 0.3) is 10.6 Å². The maximum Gasteiger partial charge on any atom is 0.265 e. The number of pyridine rings is 1. The van der Waals surface area contributed by atoms with Crippen LogP contribution in [-0.4, -0.2) is 45.4 Å². The van der Waals surface area contributed by atoms with Gasteiger partial charge in [-0.1, -0.05) is 0 Å². The third-order valence-corrected chi connectivity index (χ3v) is 5.33. The summed E-state index contributed by atoms with van der Waals surface area (Å²) < 4.78 is 0. The van der Waals surface area contributed by atoms with Gasteiger partial charge in [-0.25, -0.2) is 4.98 Å². The lowest BCUT2D eigenvalue weighted by Gasteiger charge is -2.25. The number of hydrogen-bond acceptors (Lipinski definition) is 5. The highest BCUT2D eigenvalue weighted by atomic mass is 32.2. The summed E-state index contributed by atoms with van der Waals surface area (Å²) in [4.78, 5) is 23.9. The Bertz CT molecular complexity index is 606. The number of carbonyl (C=O) groups excluding carboxylic acids is 1. The highest BCUT2D eigenvalue weighted by molar-refractivity contribution is 7.99. The van der Waals surface area contributed by atoms with E-state index in [1.54, 1.807) is 12.4 Å². The van der Waals surface area contributed by atoms with Crippen LogP contribution in [0.4, 0.5) is 0 Å². The zero-order chi connectivity index (χ0) is 13.9. The SMILES string of the molecule is Cc1nc(-c2cccnc2)sc1C(=O)N1CCSCC1. The van der Waals surface area contributed by atoms with Crippen LogP contribution in [0.15, 0.2) is 24.5 Å². The molecule has 0 spiro atoms. The third-order valence-electron chi connectivity index (χ3n) is 3.20. The molecule has 3 heterocycles. The van der Waals surface area contributed by atoms with Gasteiger partial charge >= 0.3 is 0 Å². The molecular weight excluding hydrogens is 290 g/mol. The summed E-state index contributed by atoms with van der Waals surface area (Å²) >= 11 is 3.37. The van der Waals surface area contributed by atoms with Gasteiger partial charge in [-0.3, -0.25) is 9.78 Å². The zero-order valence-corrected chi connectivity index (χ0v) is 12.8. The fraction of sp³-hybridized carbons (Fsp3) is 0.357. The van der Waals surface area contributed by atoms with Crippen LogP contribution in [0.3, 0.4) is 0 Å². The van der Waals surface area contributed by atoms with E-state index in [0.29, 0.717) is 0 Å². The van der Waals surface area contributed by atoms with Crippen molar-refractivity contribution in [3.63, 3.8) is 0 Å². The van der Waals surface area contributed by atoms with Gasteiger partial charge in [0, 0.05) is 42.6 Å². The number of aryl methyl sites for hydroxylation is 1. The minimum atomic E-state index is 0.121. The van der Waals surface area contributed by atoms with Crippen LogP contribution in [0.1, 0.15) is 15.4 Å². The molecule has 0 radical (unpaired) electrons. The van der Waals surface area contributed by atoms with Crippen molar-refractivity contribution in [3.05, 3.63) is 35.1 Å². The van der Waals surface area contributed by atoms with E-state index in [0.717, 1.165) is 45.7 Å². The fourth-order valence-electron chi connectivity index (χ4n) is 2.12. The minimum Gasteiger partial charge on any atom is -0.336 e. The molecule has 6 heteroatoms. The van der Waals surface area contributed by atoms with Crippen molar-refractivity contribution in [2.75, 3.05) is 24.6 Å². The fourth-order valence-corrected chi connectivity index (χ4v) is 4.05. The molecule has 1 aliphatic heterocycles. The molecule has 1 aliphatic rings. The monoisotopic (exact) mass is 305 g/mol. The molecule has 0 unspecified atom stereocenters. The molecule has 3 rings (SSSR count). The Morgan fingerprint density at radius 1 is 1.35 bits per heavy atom. The average molecular weight is 305 g/mol. The van der Waals surface area contributed by atoms with E-state index in [1.165, 1.54) is 11.3 Å². The maximum absolute atomic E-state index is 12.5. The third kappa shape index (κ3) is 2.71. The molecule has 1 fully saturated rings. The Balaban J connectivity index is 1.87. The van der Waals surface area contributed by atoms with Gasteiger partial charge in [0.25, 0.3) is 5.91 Å². The summed E-state index contributed by atoms with van der Waals surface area (Å²) in [6.45, 7) is 3.58. The number of hydrogen-bond donors (Lipinski definition) is 0. The minimum absolute atomic E-state index is 0.121. The van der Waals surface area contributed by atoms with Crippen LogP contribution < -0.4 is 0 Å². The lowest BCUT2D eigenvalue weighted by molar-refractivity contribution is 0.0776. The Morgan fingerprint density at radius 2 is 2.15 bits per heavy atom. The number of rotatable bonds is 2. The second kappa shape index (κ2) is 5.93. The van der Waals surface area contributed by atoms with E-state index in [4.69, 9.17) is 0 Å². The first-order chi connectivity index (χ1) is 9.75. The molecule has 104 valence electrons. The summed E-state index contributed by atoms with van der Waals surface area (Å²) in [7, 11) is 0. The topological polar surface area (TPSA) is 46.1 Å². The van der Waals surface area contributed by atoms with Gasteiger partial charge < -0.3 is 4.90 Å². The van der Waals surface area contributed by atoms with E-state index in [1.807, 2.05) is 35.7 Å². The van der Waals surface area contributed by atoms with Crippen LogP contribution in [0.5, 0.6) is 0 Å².